The average molecular weight is 439 g/mol. The van der Waals surface area contributed by atoms with Crippen molar-refractivity contribution in [2.75, 3.05) is 5.32 Å². The highest BCUT2D eigenvalue weighted by molar-refractivity contribution is 6.29. The highest BCUT2D eigenvalue weighted by atomic mass is 35.5. The fraction of sp³-hybridized carbons (Fsp3) is 0.375. The van der Waals surface area contributed by atoms with E-state index in [-0.39, 0.29) is 28.9 Å². The van der Waals surface area contributed by atoms with Crippen molar-refractivity contribution in [3.8, 4) is 11.1 Å². The molecule has 2 aliphatic rings. The molecule has 2 aromatic heterocycles. The molecule has 3 N–H and O–H groups in total. The molecule has 7 heteroatoms. The number of carbonyl (C=O) groups excluding carboxylic acids is 1. The van der Waals surface area contributed by atoms with Gasteiger partial charge in [0.2, 0.25) is 0 Å². The number of aromatic nitrogens is 2. The van der Waals surface area contributed by atoms with E-state index in [0.29, 0.717) is 16.7 Å². The first-order chi connectivity index (χ1) is 15.0. The number of fused-ring (bicyclic) bond motifs is 1. The Hall–Kier alpha value is -2.57. The molecule has 160 valence electrons. The van der Waals surface area contributed by atoms with Gasteiger partial charge in [-0.25, -0.2) is 9.37 Å². The number of ketones is 1. The number of Topliss-reactive ketones (excluding diaryl/α,β-unsaturated/α-hetero) is 1. The summed E-state index contributed by atoms with van der Waals surface area (Å²) in [5.74, 6) is -0.343. The van der Waals surface area contributed by atoms with Crippen LogP contribution >= 0.6 is 11.6 Å². The smallest absolute Gasteiger partial charge is 0.169 e. The Labute approximate surface area is 185 Å². The molecule has 31 heavy (non-hydrogen) atoms. The van der Waals surface area contributed by atoms with Crippen molar-refractivity contribution < 1.29 is 9.18 Å². The van der Waals surface area contributed by atoms with Crippen molar-refractivity contribution in [2.45, 2.75) is 50.6 Å². The van der Waals surface area contributed by atoms with Gasteiger partial charge in [-0.1, -0.05) is 17.7 Å². The standard InChI is InChI=1S/C24H24ClFN4O/c25-24-21(26)17(9-10-28-24)14-3-8-20-18(11-14)22(30-16-6-4-15(27)5-7-16)19(12-29-20)23(31)13-1-2-13/h3,8-13,15-16H,1-2,4-7,27H2,(H,29,30). The second-order valence-corrected chi connectivity index (χ2v) is 8.99. The summed E-state index contributed by atoms with van der Waals surface area (Å²) >= 11 is 5.90. The molecule has 0 amide bonds. The molecule has 0 unspecified atom stereocenters. The van der Waals surface area contributed by atoms with Gasteiger partial charge in [0, 0.05) is 41.3 Å². The Morgan fingerprint density at radius 1 is 1.10 bits per heavy atom. The number of pyridine rings is 2. The summed E-state index contributed by atoms with van der Waals surface area (Å²) in [6.45, 7) is 0. The molecule has 0 aliphatic heterocycles. The van der Waals surface area contributed by atoms with Crippen molar-refractivity contribution in [3.63, 3.8) is 0 Å². The maximum atomic E-state index is 14.6. The van der Waals surface area contributed by atoms with E-state index >= 15 is 0 Å². The predicted molar refractivity (Wildman–Crippen MR) is 121 cm³/mol. The molecule has 5 rings (SSSR count). The topological polar surface area (TPSA) is 80.9 Å². The minimum absolute atomic E-state index is 0.0826. The Bertz CT molecular complexity index is 1160. The lowest BCUT2D eigenvalue weighted by atomic mass is 9.91. The number of hydrogen-bond donors (Lipinski definition) is 2. The minimum Gasteiger partial charge on any atom is -0.381 e. The van der Waals surface area contributed by atoms with Gasteiger partial charge in [-0.2, -0.15) is 0 Å². The van der Waals surface area contributed by atoms with Gasteiger partial charge in [-0.3, -0.25) is 9.78 Å². The molecule has 2 heterocycles. The second-order valence-electron chi connectivity index (χ2n) is 8.64. The van der Waals surface area contributed by atoms with Crippen LogP contribution in [-0.4, -0.2) is 27.8 Å². The molecule has 0 atom stereocenters. The van der Waals surface area contributed by atoms with E-state index in [1.54, 1.807) is 12.3 Å². The first kappa shape index (κ1) is 20.3. The maximum Gasteiger partial charge on any atom is 0.169 e. The average Bonchev–Trinajstić information content (AvgIpc) is 3.62. The first-order valence-corrected chi connectivity index (χ1v) is 11.2. The maximum absolute atomic E-state index is 14.6. The van der Waals surface area contributed by atoms with E-state index < -0.39 is 5.82 Å². The van der Waals surface area contributed by atoms with Crippen LogP contribution in [0.4, 0.5) is 10.1 Å². The van der Waals surface area contributed by atoms with Crippen molar-refractivity contribution in [1.29, 1.82) is 0 Å². The van der Waals surface area contributed by atoms with Gasteiger partial charge in [0.1, 0.15) is 0 Å². The minimum atomic E-state index is -0.558. The molecule has 0 bridgehead atoms. The third-order valence-electron chi connectivity index (χ3n) is 6.36. The third-order valence-corrected chi connectivity index (χ3v) is 6.62. The molecular formula is C24H24ClFN4O. The van der Waals surface area contributed by atoms with Crippen LogP contribution in [0.2, 0.25) is 5.15 Å². The highest BCUT2D eigenvalue weighted by Crippen LogP contribution is 2.39. The van der Waals surface area contributed by atoms with Crippen LogP contribution in [0.1, 0.15) is 48.9 Å². The number of halogens is 2. The van der Waals surface area contributed by atoms with E-state index in [4.69, 9.17) is 17.3 Å². The first-order valence-electron chi connectivity index (χ1n) is 10.8. The van der Waals surface area contributed by atoms with Crippen molar-refractivity contribution in [1.82, 2.24) is 9.97 Å². The van der Waals surface area contributed by atoms with E-state index in [9.17, 15) is 9.18 Å². The number of anilines is 1. The van der Waals surface area contributed by atoms with Crippen molar-refractivity contribution >= 4 is 34.0 Å². The van der Waals surface area contributed by atoms with Gasteiger partial charge in [-0.05, 0) is 62.3 Å². The third kappa shape index (κ3) is 4.02. The molecule has 0 saturated heterocycles. The van der Waals surface area contributed by atoms with Crippen LogP contribution in [-0.2, 0) is 0 Å². The normalized spacial score (nSPS) is 21.3. The van der Waals surface area contributed by atoms with Crippen LogP contribution in [0.5, 0.6) is 0 Å². The summed E-state index contributed by atoms with van der Waals surface area (Å²) in [5.41, 5.74) is 9.29. The van der Waals surface area contributed by atoms with Gasteiger partial charge in [0.25, 0.3) is 0 Å². The number of nitrogens with one attached hydrogen (secondary N) is 1. The lowest BCUT2D eigenvalue weighted by molar-refractivity contribution is 0.0968. The van der Waals surface area contributed by atoms with Crippen LogP contribution in [0, 0.1) is 11.7 Å². The molecular weight excluding hydrogens is 415 g/mol. The molecule has 2 saturated carbocycles. The summed E-state index contributed by atoms with van der Waals surface area (Å²) in [4.78, 5) is 21.4. The molecule has 5 nitrogen and oxygen atoms in total. The van der Waals surface area contributed by atoms with Gasteiger partial charge in [0.15, 0.2) is 16.8 Å². The Morgan fingerprint density at radius 2 is 1.87 bits per heavy atom. The van der Waals surface area contributed by atoms with Gasteiger partial charge >= 0.3 is 0 Å². The quantitative estimate of drug-likeness (QED) is 0.413. The van der Waals surface area contributed by atoms with Crippen LogP contribution < -0.4 is 11.1 Å². The largest absolute Gasteiger partial charge is 0.381 e. The van der Waals surface area contributed by atoms with E-state index in [1.165, 1.54) is 6.20 Å². The molecule has 1 aromatic carbocycles. The molecule has 0 radical (unpaired) electrons. The summed E-state index contributed by atoms with van der Waals surface area (Å²) in [7, 11) is 0. The zero-order valence-corrected chi connectivity index (χ0v) is 17.8. The molecule has 2 fully saturated rings. The van der Waals surface area contributed by atoms with Gasteiger partial charge in [0.05, 0.1) is 16.8 Å². The van der Waals surface area contributed by atoms with Gasteiger partial charge < -0.3 is 11.1 Å². The summed E-state index contributed by atoms with van der Waals surface area (Å²) in [5, 5.41) is 4.28. The monoisotopic (exact) mass is 438 g/mol. The van der Waals surface area contributed by atoms with Crippen molar-refractivity contribution in [3.05, 3.63) is 53.2 Å². The number of carbonyl (C=O) groups is 1. The number of hydrogen-bond acceptors (Lipinski definition) is 5. The Morgan fingerprint density at radius 3 is 2.61 bits per heavy atom. The number of nitrogens with zero attached hydrogens (tertiary/aromatic N) is 2. The second kappa shape index (κ2) is 8.17. The van der Waals surface area contributed by atoms with E-state index in [2.05, 4.69) is 15.3 Å². The lowest BCUT2D eigenvalue weighted by Gasteiger charge is -2.29. The summed E-state index contributed by atoms with van der Waals surface area (Å²) in [6, 6.07) is 7.64. The summed E-state index contributed by atoms with van der Waals surface area (Å²) in [6.07, 6.45) is 8.85. The fourth-order valence-corrected chi connectivity index (χ4v) is 4.53. The van der Waals surface area contributed by atoms with E-state index in [0.717, 1.165) is 55.1 Å². The zero-order chi connectivity index (χ0) is 21.5. The van der Waals surface area contributed by atoms with Crippen LogP contribution in [0.25, 0.3) is 22.0 Å². The van der Waals surface area contributed by atoms with Gasteiger partial charge in [-0.15, -0.1) is 0 Å². The molecule has 3 aromatic rings. The number of benzene rings is 1. The Balaban J connectivity index is 1.62. The lowest BCUT2D eigenvalue weighted by Crippen LogP contribution is -2.33. The summed E-state index contributed by atoms with van der Waals surface area (Å²) < 4.78 is 14.6. The van der Waals surface area contributed by atoms with Crippen molar-refractivity contribution in [2.24, 2.45) is 11.7 Å². The van der Waals surface area contributed by atoms with Crippen LogP contribution in [0.3, 0.4) is 0 Å². The SMILES string of the molecule is NC1CCC(Nc2c(C(=O)C3CC3)cnc3ccc(-c4ccnc(Cl)c4F)cc23)CC1. The van der Waals surface area contributed by atoms with E-state index in [1.807, 2.05) is 18.2 Å². The number of rotatable bonds is 5. The fourth-order valence-electron chi connectivity index (χ4n) is 4.38. The molecule has 2 aliphatic carbocycles. The van der Waals surface area contributed by atoms with Crippen LogP contribution in [0.15, 0.2) is 36.7 Å². The Kier molecular flexibility index (Phi) is 5.36. The zero-order valence-electron chi connectivity index (χ0n) is 17.1. The highest BCUT2D eigenvalue weighted by Gasteiger charge is 2.33. The predicted octanol–water partition coefficient (Wildman–Crippen LogP) is 5.36. The number of nitrogens with two attached hydrogens (primary N) is 1. The molecule has 0 spiro atoms.